The van der Waals surface area contributed by atoms with Gasteiger partial charge in [0.25, 0.3) is 0 Å². The first-order valence-electron chi connectivity index (χ1n) is 7.33. The largest absolute Gasteiger partial charge is 0.325 e. The van der Waals surface area contributed by atoms with E-state index in [-0.39, 0.29) is 11.7 Å². The van der Waals surface area contributed by atoms with Gasteiger partial charge in [0.05, 0.1) is 5.75 Å². The maximum atomic E-state index is 12.1. The van der Waals surface area contributed by atoms with Crippen LogP contribution in [0.2, 0.25) is 0 Å². The molecule has 0 aliphatic carbocycles. The van der Waals surface area contributed by atoms with Crippen LogP contribution < -0.4 is 5.32 Å². The maximum Gasteiger partial charge on any atom is 0.234 e. The van der Waals surface area contributed by atoms with Crippen molar-refractivity contribution in [1.29, 1.82) is 0 Å². The third kappa shape index (κ3) is 3.62. The summed E-state index contributed by atoms with van der Waals surface area (Å²) in [5.74, 6) is 1.06. The lowest BCUT2D eigenvalue weighted by atomic mass is 10.3. The first-order valence-corrected chi connectivity index (χ1v) is 8.32. The number of carbonyl (C=O) groups is 1. The Hall–Kier alpha value is -2.54. The molecule has 0 aliphatic heterocycles. The highest BCUT2D eigenvalue weighted by Gasteiger charge is 2.14. The molecule has 23 heavy (non-hydrogen) atoms. The minimum atomic E-state index is -0.0682. The second-order valence-electron chi connectivity index (χ2n) is 4.83. The van der Waals surface area contributed by atoms with E-state index < -0.39 is 0 Å². The number of hydrogen-bond donors (Lipinski definition) is 1. The number of carbonyl (C=O) groups excluding carboxylic acids is 1. The summed E-state index contributed by atoms with van der Waals surface area (Å²) in [4.78, 5) is 12.1. The lowest BCUT2D eigenvalue weighted by Gasteiger charge is -2.10. The molecule has 2 heterocycles. The molecule has 118 valence electrons. The van der Waals surface area contributed by atoms with Gasteiger partial charge in [-0.15, -0.1) is 10.2 Å². The van der Waals surface area contributed by atoms with Gasteiger partial charge >= 0.3 is 0 Å². The molecule has 2 aromatic heterocycles. The molecule has 0 saturated carbocycles. The fraction of sp³-hybridized carbons (Fsp3) is 0.188. The number of aromatic nitrogens is 4. The SMILES string of the molecule is CCc1nnc(SCC(=O)Nc2ccccc2)n1-n1cccc1. The van der Waals surface area contributed by atoms with Gasteiger partial charge in [-0.05, 0) is 24.3 Å². The van der Waals surface area contributed by atoms with Crippen molar-refractivity contribution < 1.29 is 4.79 Å². The Kier molecular flexibility index (Phi) is 4.77. The van der Waals surface area contributed by atoms with Gasteiger partial charge in [0.1, 0.15) is 0 Å². The molecule has 0 fully saturated rings. The molecule has 1 N–H and O–H groups in total. The van der Waals surface area contributed by atoms with E-state index in [4.69, 9.17) is 0 Å². The Morgan fingerprint density at radius 1 is 1.13 bits per heavy atom. The van der Waals surface area contributed by atoms with E-state index in [9.17, 15) is 4.79 Å². The second-order valence-corrected chi connectivity index (χ2v) is 5.77. The van der Waals surface area contributed by atoms with E-state index in [0.29, 0.717) is 5.16 Å². The van der Waals surface area contributed by atoms with Crippen molar-refractivity contribution >= 4 is 23.4 Å². The lowest BCUT2D eigenvalue weighted by Crippen LogP contribution is -2.16. The summed E-state index contributed by atoms with van der Waals surface area (Å²) in [5, 5.41) is 11.9. The van der Waals surface area contributed by atoms with Crippen LogP contribution in [0, 0.1) is 0 Å². The number of benzene rings is 1. The molecule has 0 aliphatic rings. The first kappa shape index (κ1) is 15.4. The van der Waals surface area contributed by atoms with Gasteiger partial charge in [0, 0.05) is 24.5 Å². The van der Waals surface area contributed by atoms with Crippen LogP contribution in [0.1, 0.15) is 12.7 Å². The van der Waals surface area contributed by atoms with E-state index in [1.54, 1.807) is 0 Å². The lowest BCUT2D eigenvalue weighted by molar-refractivity contribution is -0.113. The maximum absolute atomic E-state index is 12.1. The van der Waals surface area contributed by atoms with Crippen molar-refractivity contribution in [2.45, 2.75) is 18.5 Å². The van der Waals surface area contributed by atoms with E-state index >= 15 is 0 Å². The van der Waals surface area contributed by atoms with Crippen LogP contribution in [0.3, 0.4) is 0 Å². The Labute approximate surface area is 138 Å². The summed E-state index contributed by atoms with van der Waals surface area (Å²) < 4.78 is 3.83. The van der Waals surface area contributed by atoms with Crippen LogP contribution in [-0.4, -0.2) is 31.2 Å². The topological polar surface area (TPSA) is 64.7 Å². The van der Waals surface area contributed by atoms with Crippen molar-refractivity contribution in [1.82, 2.24) is 19.5 Å². The summed E-state index contributed by atoms with van der Waals surface area (Å²) in [6, 6.07) is 13.3. The fourth-order valence-corrected chi connectivity index (χ4v) is 2.90. The van der Waals surface area contributed by atoms with Crippen molar-refractivity contribution in [2.75, 3.05) is 11.1 Å². The van der Waals surface area contributed by atoms with Gasteiger partial charge in [0.2, 0.25) is 11.1 Å². The van der Waals surface area contributed by atoms with Crippen LogP contribution in [0.5, 0.6) is 0 Å². The van der Waals surface area contributed by atoms with E-state index in [1.165, 1.54) is 11.8 Å². The Balaban J connectivity index is 1.69. The van der Waals surface area contributed by atoms with Crippen molar-refractivity contribution in [3.63, 3.8) is 0 Å². The molecular weight excluding hydrogens is 310 g/mol. The molecule has 0 spiro atoms. The number of nitrogens with one attached hydrogen (secondary N) is 1. The van der Waals surface area contributed by atoms with Crippen LogP contribution in [0.4, 0.5) is 5.69 Å². The molecule has 0 unspecified atom stereocenters. The van der Waals surface area contributed by atoms with Crippen molar-refractivity contribution in [3.05, 3.63) is 60.7 Å². The zero-order valence-electron chi connectivity index (χ0n) is 12.7. The molecule has 1 amide bonds. The van der Waals surface area contributed by atoms with Gasteiger partial charge < -0.3 is 5.32 Å². The standard InChI is InChI=1S/C16H17N5OS/c1-2-14-18-19-16(21(14)20-10-6-7-11-20)23-12-15(22)17-13-8-4-3-5-9-13/h3-11H,2,12H2,1H3,(H,17,22). The number of amides is 1. The normalized spacial score (nSPS) is 10.7. The fourth-order valence-electron chi connectivity index (χ4n) is 2.15. The van der Waals surface area contributed by atoms with Crippen LogP contribution in [-0.2, 0) is 11.2 Å². The van der Waals surface area contributed by atoms with E-state index in [0.717, 1.165) is 17.9 Å². The van der Waals surface area contributed by atoms with Gasteiger partial charge in [-0.2, -0.15) is 0 Å². The predicted molar refractivity (Wildman–Crippen MR) is 90.4 cm³/mol. The summed E-state index contributed by atoms with van der Waals surface area (Å²) in [7, 11) is 0. The Morgan fingerprint density at radius 2 is 1.87 bits per heavy atom. The summed E-state index contributed by atoms with van der Waals surface area (Å²) in [6.07, 6.45) is 4.62. The molecule has 0 bridgehead atoms. The zero-order chi connectivity index (χ0) is 16.1. The van der Waals surface area contributed by atoms with Crippen molar-refractivity contribution in [3.8, 4) is 0 Å². The molecule has 0 radical (unpaired) electrons. The molecule has 3 aromatic rings. The third-order valence-corrected chi connectivity index (χ3v) is 4.12. The van der Waals surface area contributed by atoms with Crippen molar-refractivity contribution in [2.24, 2.45) is 0 Å². The summed E-state index contributed by atoms with van der Waals surface area (Å²) in [6.45, 7) is 2.03. The van der Waals surface area contributed by atoms with E-state index in [2.05, 4.69) is 15.5 Å². The van der Waals surface area contributed by atoms with Gasteiger partial charge in [-0.1, -0.05) is 36.9 Å². The minimum absolute atomic E-state index is 0.0682. The molecule has 7 heteroatoms. The van der Waals surface area contributed by atoms with Gasteiger partial charge in [-0.25, -0.2) is 4.68 Å². The summed E-state index contributed by atoms with van der Waals surface area (Å²) >= 11 is 1.37. The van der Waals surface area contributed by atoms with Gasteiger partial charge in [0.15, 0.2) is 5.82 Å². The predicted octanol–water partition coefficient (Wildman–Crippen LogP) is 2.68. The van der Waals surface area contributed by atoms with Crippen LogP contribution >= 0.6 is 11.8 Å². The molecule has 1 aromatic carbocycles. The molecule has 6 nitrogen and oxygen atoms in total. The summed E-state index contributed by atoms with van der Waals surface area (Å²) in [5.41, 5.74) is 0.791. The smallest absolute Gasteiger partial charge is 0.234 e. The highest BCUT2D eigenvalue weighted by molar-refractivity contribution is 7.99. The molecule has 3 rings (SSSR count). The minimum Gasteiger partial charge on any atom is -0.325 e. The number of aryl methyl sites for hydroxylation is 1. The molecular formula is C16H17N5OS. The second kappa shape index (κ2) is 7.15. The molecule has 0 saturated heterocycles. The highest BCUT2D eigenvalue weighted by Crippen LogP contribution is 2.18. The zero-order valence-corrected chi connectivity index (χ0v) is 13.5. The Morgan fingerprint density at radius 3 is 2.57 bits per heavy atom. The first-order chi connectivity index (χ1) is 11.3. The molecule has 0 atom stereocenters. The van der Waals surface area contributed by atoms with Crippen LogP contribution in [0.15, 0.2) is 60.0 Å². The number of para-hydroxylation sites is 1. The third-order valence-electron chi connectivity index (χ3n) is 3.20. The average molecular weight is 327 g/mol. The Bertz CT molecular complexity index is 767. The average Bonchev–Trinajstić information content (AvgIpc) is 3.22. The number of thioether (sulfide) groups is 1. The monoisotopic (exact) mass is 327 g/mol. The highest BCUT2D eigenvalue weighted by atomic mass is 32.2. The number of rotatable bonds is 6. The van der Waals surface area contributed by atoms with E-state index in [1.807, 2.05) is 71.1 Å². The number of anilines is 1. The number of hydrogen-bond acceptors (Lipinski definition) is 4. The number of nitrogens with zero attached hydrogens (tertiary/aromatic N) is 4. The van der Waals surface area contributed by atoms with Crippen LogP contribution in [0.25, 0.3) is 0 Å². The van der Waals surface area contributed by atoms with Gasteiger partial charge in [-0.3, -0.25) is 9.47 Å². The quantitative estimate of drug-likeness (QED) is 0.707.